The number of carbonyl (C=O) groups is 1. The number of thiophene rings is 1. The van der Waals surface area contributed by atoms with Crippen LogP contribution in [-0.2, 0) is 11.2 Å². The topological polar surface area (TPSA) is 55.1 Å². The third kappa shape index (κ3) is 3.91. The molecule has 0 spiro atoms. The number of benzene rings is 1. The fourth-order valence-electron chi connectivity index (χ4n) is 1.89. The molecule has 0 saturated heterocycles. The van der Waals surface area contributed by atoms with Gasteiger partial charge in [0.2, 0.25) is 5.91 Å². The molecule has 0 aliphatic rings. The third-order valence-electron chi connectivity index (χ3n) is 2.96. The van der Waals surface area contributed by atoms with Crippen LogP contribution < -0.4 is 11.1 Å². The second-order valence-corrected chi connectivity index (χ2v) is 5.52. The summed E-state index contributed by atoms with van der Waals surface area (Å²) in [6.07, 6.45) is 0.559. The zero-order valence-electron chi connectivity index (χ0n) is 10.9. The highest BCUT2D eigenvalue weighted by Crippen LogP contribution is 2.18. The van der Waals surface area contributed by atoms with E-state index in [1.54, 1.807) is 11.3 Å². The molecule has 0 fully saturated rings. The van der Waals surface area contributed by atoms with Gasteiger partial charge >= 0.3 is 0 Å². The fraction of sp³-hybridized carbons (Fsp3) is 0.267. The Labute approximate surface area is 117 Å². The van der Waals surface area contributed by atoms with Gasteiger partial charge in [-0.05, 0) is 30.4 Å². The predicted molar refractivity (Wildman–Crippen MR) is 79.0 cm³/mol. The summed E-state index contributed by atoms with van der Waals surface area (Å²) >= 11 is 1.63. The summed E-state index contributed by atoms with van der Waals surface area (Å²) in [7, 11) is 0. The summed E-state index contributed by atoms with van der Waals surface area (Å²) < 4.78 is 0. The number of hydrogen-bond acceptors (Lipinski definition) is 3. The van der Waals surface area contributed by atoms with Crippen molar-refractivity contribution in [3.05, 3.63) is 58.3 Å². The van der Waals surface area contributed by atoms with Gasteiger partial charge in [-0.3, -0.25) is 4.79 Å². The van der Waals surface area contributed by atoms with Crippen molar-refractivity contribution in [3.63, 3.8) is 0 Å². The lowest BCUT2D eigenvalue weighted by Gasteiger charge is -2.16. The van der Waals surface area contributed by atoms with Crippen LogP contribution in [0, 0.1) is 0 Å². The summed E-state index contributed by atoms with van der Waals surface area (Å²) in [5, 5.41) is 4.95. The molecule has 1 unspecified atom stereocenters. The molecule has 3 nitrogen and oxygen atoms in total. The quantitative estimate of drug-likeness (QED) is 0.880. The highest BCUT2D eigenvalue weighted by atomic mass is 32.1. The van der Waals surface area contributed by atoms with Gasteiger partial charge in [-0.25, -0.2) is 0 Å². The summed E-state index contributed by atoms with van der Waals surface area (Å²) in [6, 6.07) is 13.3. The standard InChI is InChI=1S/C15H18N2OS/c1-11(14-8-5-9-19-14)17-15(18)13(16)10-12-6-3-2-4-7-12/h2-9,11,13H,10,16H2,1H3,(H,17,18)/t11-,13?/m1/s1. The van der Waals surface area contributed by atoms with Crippen LogP contribution in [0.4, 0.5) is 0 Å². The molecule has 0 saturated carbocycles. The molecule has 1 aromatic carbocycles. The Morgan fingerprint density at radius 3 is 2.63 bits per heavy atom. The van der Waals surface area contributed by atoms with E-state index < -0.39 is 6.04 Å². The second-order valence-electron chi connectivity index (χ2n) is 4.54. The molecular formula is C15H18N2OS. The first-order valence-electron chi connectivity index (χ1n) is 6.30. The average molecular weight is 274 g/mol. The van der Waals surface area contributed by atoms with Crippen LogP contribution in [0.1, 0.15) is 23.4 Å². The minimum atomic E-state index is -0.509. The minimum absolute atomic E-state index is 0.00863. The van der Waals surface area contributed by atoms with E-state index in [9.17, 15) is 4.79 Å². The van der Waals surface area contributed by atoms with Gasteiger partial charge in [-0.2, -0.15) is 0 Å². The third-order valence-corrected chi connectivity index (χ3v) is 4.02. The number of rotatable bonds is 5. The molecule has 100 valence electrons. The Kier molecular flexibility index (Phi) is 4.71. The van der Waals surface area contributed by atoms with Crippen LogP contribution in [0.5, 0.6) is 0 Å². The molecule has 1 amide bonds. The van der Waals surface area contributed by atoms with Crippen molar-refractivity contribution in [2.45, 2.75) is 25.4 Å². The lowest BCUT2D eigenvalue weighted by Crippen LogP contribution is -2.42. The van der Waals surface area contributed by atoms with Gasteiger partial charge in [0.15, 0.2) is 0 Å². The van der Waals surface area contributed by atoms with Crippen molar-refractivity contribution in [1.82, 2.24) is 5.32 Å². The largest absolute Gasteiger partial charge is 0.347 e. The van der Waals surface area contributed by atoms with Crippen LogP contribution >= 0.6 is 11.3 Å². The average Bonchev–Trinajstić information content (AvgIpc) is 2.93. The van der Waals surface area contributed by atoms with Crippen LogP contribution in [0.15, 0.2) is 47.8 Å². The van der Waals surface area contributed by atoms with Crippen molar-refractivity contribution < 1.29 is 4.79 Å². The first kappa shape index (κ1) is 13.8. The van der Waals surface area contributed by atoms with Crippen molar-refractivity contribution in [2.24, 2.45) is 5.73 Å². The van der Waals surface area contributed by atoms with E-state index in [-0.39, 0.29) is 11.9 Å². The summed E-state index contributed by atoms with van der Waals surface area (Å²) in [5.74, 6) is -0.107. The lowest BCUT2D eigenvalue weighted by atomic mass is 10.1. The molecule has 19 heavy (non-hydrogen) atoms. The SMILES string of the molecule is C[C@@H](NC(=O)C(N)Cc1ccccc1)c1cccs1. The van der Waals surface area contributed by atoms with Crippen molar-refractivity contribution in [3.8, 4) is 0 Å². The highest BCUT2D eigenvalue weighted by Gasteiger charge is 2.17. The van der Waals surface area contributed by atoms with E-state index in [0.717, 1.165) is 10.4 Å². The van der Waals surface area contributed by atoms with Gasteiger partial charge in [0.25, 0.3) is 0 Å². The molecule has 3 N–H and O–H groups in total. The van der Waals surface area contributed by atoms with E-state index in [0.29, 0.717) is 6.42 Å². The molecule has 4 heteroatoms. The first-order valence-corrected chi connectivity index (χ1v) is 7.18. The van der Waals surface area contributed by atoms with Gasteiger partial charge in [-0.1, -0.05) is 36.4 Å². The molecule has 2 atom stereocenters. The fourth-order valence-corrected chi connectivity index (χ4v) is 2.62. The van der Waals surface area contributed by atoms with E-state index >= 15 is 0 Å². The highest BCUT2D eigenvalue weighted by molar-refractivity contribution is 7.10. The van der Waals surface area contributed by atoms with Gasteiger partial charge < -0.3 is 11.1 Å². The molecule has 2 aromatic rings. The number of carbonyl (C=O) groups excluding carboxylic acids is 1. The van der Waals surface area contributed by atoms with Gasteiger partial charge in [-0.15, -0.1) is 11.3 Å². The second kappa shape index (κ2) is 6.50. The molecular weight excluding hydrogens is 256 g/mol. The number of nitrogens with one attached hydrogen (secondary N) is 1. The number of amides is 1. The maximum atomic E-state index is 12.0. The minimum Gasteiger partial charge on any atom is -0.347 e. The van der Waals surface area contributed by atoms with Crippen molar-refractivity contribution in [2.75, 3.05) is 0 Å². The summed E-state index contributed by atoms with van der Waals surface area (Å²) in [4.78, 5) is 13.2. The van der Waals surface area contributed by atoms with Crippen LogP contribution in [0.25, 0.3) is 0 Å². The molecule has 1 heterocycles. The summed E-state index contributed by atoms with van der Waals surface area (Å²) in [6.45, 7) is 1.97. The molecule has 2 rings (SSSR count). The Bertz CT molecular complexity index is 510. The molecule has 1 aromatic heterocycles. The molecule has 0 aliphatic heterocycles. The van der Waals surface area contributed by atoms with Crippen molar-refractivity contribution >= 4 is 17.2 Å². The smallest absolute Gasteiger partial charge is 0.237 e. The molecule has 0 aliphatic carbocycles. The normalized spacial score (nSPS) is 13.8. The van der Waals surface area contributed by atoms with Crippen LogP contribution in [-0.4, -0.2) is 11.9 Å². The Balaban J connectivity index is 1.89. The Hall–Kier alpha value is -1.65. The molecule has 0 bridgehead atoms. The Morgan fingerprint density at radius 2 is 2.00 bits per heavy atom. The van der Waals surface area contributed by atoms with Gasteiger partial charge in [0.05, 0.1) is 12.1 Å². The zero-order chi connectivity index (χ0) is 13.7. The van der Waals surface area contributed by atoms with E-state index in [1.807, 2.05) is 54.8 Å². The van der Waals surface area contributed by atoms with Gasteiger partial charge in [0, 0.05) is 4.88 Å². The van der Waals surface area contributed by atoms with E-state index in [1.165, 1.54) is 0 Å². The van der Waals surface area contributed by atoms with Gasteiger partial charge in [0.1, 0.15) is 0 Å². The monoisotopic (exact) mass is 274 g/mol. The zero-order valence-corrected chi connectivity index (χ0v) is 11.7. The van der Waals surface area contributed by atoms with E-state index in [2.05, 4.69) is 5.32 Å². The Morgan fingerprint density at radius 1 is 1.26 bits per heavy atom. The summed E-state index contributed by atoms with van der Waals surface area (Å²) in [5.41, 5.74) is 7.02. The lowest BCUT2D eigenvalue weighted by molar-refractivity contribution is -0.122. The number of hydrogen-bond donors (Lipinski definition) is 2. The van der Waals surface area contributed by atoms with Crippen LogP contribution in [0.2, 0.25) is 0 Å². The predicted octanol–water partition coefficient (Wildman–Crippen LogP) is 2.50. The van der Waals surface area contributed by atoms with Crippen LogP contribution in [0.3, 0.4) is 0 Å². The van der Waals surface area contributed by atoms with Crippen molar-refractivity contribution in [1.29, 1.82) is 0 Å². The first-order chi connectivity index (χ1) is 9.16. The molecule has 0 radical (unpaired) electrons. The van der Waals surface area contributed by atoms with E-state index in [4.69, 9.17) is 5.73 Å². The number of nitrogens with two attached hydrogens (primary N) is 1. The maximum absolute atomic E-state index is 12.0. The maximum Gasteiger partial charge on any atom is 0.237 e.